The average Bonchev–Trinajstić information content (AvgIpc) is 2.54. The van der Waals surface area contributed by atoms with E-state index < -0.39 is 5.79 Å². The Kier molecular flexibility index (Phi) is 4.08. The lowest BCUT2D eigenvalue weighted by atomic mass is 9.88. The van der Waals surface area contributed by atoms with Crippen molar-refractivity contribution in [2.45, 2.75) is 52.0 Å². The van der Waals surface area contributed by atoms with Crippen LogP contribution in [0.4, 0.5) is 0 Å². The van der Waals surface area contributed by atoms with Crippen LogP contribution in [0.15, 0.2) is 0 Å². The molecule has 2 heterocycles. The molecule has 100 valence electrons. The van der Waals surface area contributed by atoms with E-state index in [4.69, 9.17) is 9.47 Å². The van der Waals surface area contributed by atoms with Crippen LogP contribution in [0.1, 0.15) is 34.1 Å². The predicted molar refractivity (Wildman–Crippen MR) is 72.4 cm³/mol. The van der Waals surface area contributed by atoms with Crippen molar-refractivity contribution < 1.29 is 9.47 Å². The maximum absolute atomic E-state index is 5.80. The van der Waals surface area contributed by atoms with Gasteiger partial charge >= 0.3 is 0 Å². The highest BCUT2D eigenvalue weighted by Gasteiger charge is 2.34. The molecule has 0 spiro atoms. The van der Waals surface area contributed by atoms with Gasteiger partial charge in [0.25, 0.3) is 0 Å². The van der Waals surface area contributed by atoms with Crippen molar-refractivity contribution >= 4 is 11.8 Å². The topological polar surface area (TPSA) is 30.5 Å². The van der Waals surface area contributed by atoms with Crippen LogP contribution in [0.5, 0.6) is 0 Å². The lowest BCUT2D eigenvalue weighted by Gasteiger charge is -2.35. The van der Waals surface area contributed by atoms with E-state index in [2.05, 4.69) is 30.9 Å². The fourth-order valence-corrected chi connectivity index (χ4v) is 3.86. The molecule has 0 bridgehead atoms. The molecule has 2 unspecified atom stereocenters. The summed E-state index contributed by atoms with van der Waals surface area (Å²) in [6.07, 6.45) is 1.47. The van der Waals surface area contributed by atoms with Gasteiger partial charge in [0.2, 0.25) is 0 Å². The number of ether oxygens (including phenoxy) is 2. The molecule has 2 rings (SSSR count). The van der Waals surface area contributed by atoms with E-state index in [-0.39, 0.29) is 6.10 Å². The molecule has 17 heavy (non-hydrogen) atoms. The van der Waals surface area contributed by atoms with Gasteiger partial charge in [-0.05, 0) is 31.4 Å². The standard InChI is InChI=1S/C13H25NO2S/c1-12(2)5-10(8-17-9-12)14-6-11-7-15-13(3,4)16-11/h10-11,14H,5-9H2,1-4H3. The minimum Gasteiger partial charge on any atom is -0.348 e. The smallest absolute Gasteiger partial charge is 0.163 e. The van der Waals surface area contributed by atoms with Crippen molar-refractivity contribution in [1.29, 1.82) is 0 Å². The van der Waals surface area contributed by atoms with E-state index in [1.165, 1.54) is 17.9 Å². The molecular weight excluding hydrogens is 234 g/mol. The summed E-state index contributed by atoms with van der Waals surface area (Å²) in [7, 11) is 0. The van der Waals surface area contributed by atoms with Gasteiger partial charge in [-0.2, -0.15) is 11.8 Å². The van der Waals surface area contributed by atoms with Gasteiger partial charge in [-0.25, -0.2) is 0 Å². The van der Waals surface area contributed by atoms with Crippen molar-refractivity contribution in [2.24, 2.45) is 5.41 Å². The van der Waals surface area contributed by atoms with Crippen LogP contribution in [-0.4, -0.2) is 42.6 Å². The molecule has 0 aromatic rings. The largest absolute Gasteiger partial charge is 0.348 e. The van der Waals surface area contributed by atoms with Gasteiger partial charge in [0.1, 0.15) is 0 Å². The molecule has 1 N–H and O–H groups in total. The normalized spacial score (nSPS) is 36.0. The molecule has 3 nitrogen and oxygen atoms in total. The Morgan fingerprint density at radius 2 is 2.06 bits per heavy atom. The molecular formula is C13H25NO2S. The van der Waals surface area contributed by atoms with Gasteiger partial charge in [-0.1, -0.05) is 13.8 Å². The highest BCUT2D eigenvalue weighted by Crippen LogP contribution is 2.33. The molecule has 2 aliphatic rings. The maximum atomic E-state index is 5.80. The lowest BCUT2D eigenvalue weighted by molar-refractivity contribution is -0.137. The zero-order valence-corrected chi connectivity index (χ0v) is 12.2. The van der Waals surface area contributed by atoms with E-state index in [9.17, 15) is 0 Å². The third-order valence-electron chi connectivity index (χ3n) is 3.31. The minimum atomic E-state index is -0.396. The first kappa shape index (κ1) is 13.7. The Hall–Kier alpha value is 0.230. The maximum Gasteiger partial charge on any atom is 0.163 e. The summed E-state index contributed by atoms with van der Waals surface area (Å²) in [5, 5.41) is 3.63. The average molecular weight is 259 g/mol. The zero-order chi connectivity index (χ0) is 12.5. The molecule has 0 saturated carbocycles. The van der Waals surface area contributed by atoms with Crippen LogP contribution in [0.2, 0.25) is 0 Å². The van der Waals surface area contributed by atoms with Crippen LogP contribution in [0.3, 0.4) is 0 Å². The molecule has 2 aliphatic heterocycles. The third kappa shape index (κ3) is 4.12. The number of thioether (sulfide) groups is 1. The second-order valence-corrected chi connectivity index (χ2v) is 7.47. The molecule has 0 radical (unpaired) electrons. The molecule has 4 heteroatoms. The first-order valence-electron chi connectivity index (χ1n) is 6.49. The fraction of sp³-hybridized carbons (Fsp3) is 1.00. The minimum absolute atomic E-state index is 0.208. The van der Waals surface area contributed by atoms with Crippen LogP contribution in [-0.2, 0) is 9.47 Å². The summed E-state index contributed by atoms with van der Waals surface area (Å²) >= 11 is 2.06. The van der Waals surface area contributed by atoms with Gasteiger partial charge in [-0.3, -0.25) is 0 Å². The first-order chi connectivity index (χ1) is 7.86. The number of nitrogens with one attached hydrogen (secondary N) is 1. The number of rotatable bonds is 3. The molecule has 2 atom stereocenters. The zero-order valence-electron chi connectivity index (χ0n) is 11.4. The number of hydrogen-bond donors (Lipinski definition) is 1. The lowest BCUT2D eigenvalue weighted by Crippen LogP contribution is -2.44. The second-order valence-electron chi connectivity index (χ2n) is 6.44. The van der Waals surface area contributed by atoms with Crippen LogP contribution in [0.25, 0.3) is 0 Å². The molecule has 2 fully saturated rings. The molecule has 0 amide bonds. The van der Waals surface area contributed by atoms with Crippen LogP contribution in [0, 0.1) is 5.41 Å². The van der Waals surface area contributed by atoms with Crippen molar-refractivity contribution in [3.8, 4) is 0 Å². The van der Waals surface area contributed by atoms with Gasteiger partial charge < -0.3 is 14.8 Å². The highest BCUT2D eigenvalue weighted by atomic mass is 32.2. The third-order valence-corrected chi connectivity index (χ3v) is 4.94. The van der Waals surface area contributed by atoms with Gasteiger partial charge in [0.05, 0.1) is 12.7 Å². The van der Waals surface area contributed by atoms with Crippen LogP contribution < -0.4 is 5.32 Å². The Labute approximate surface area is 109 Å². The second kappa shape index (κ2) is 5.08. The summed E-state index contributed by atoms with van der Waals surface area (Å²) in [4.78, 5) is 0. The van der Waals surface area contributed by atoms with E-state index in [1.54, 1.807) is 0 Å². The highest BCUT2D eigenvalue weighted by molar-refractivity contribution is 7.99. The van der Waals surface area contributed by atoms with E-state index in [0.29, 0.717) is 18.1 Å². The summed E-state index contributed by atoms with van der Waals surface area (Å²) in [5.74, 6) is 2.11. The molecule has 0 aromatic heterocycles. The SMILES string of the molecule is CC1(C)CSCC(NCC2COC(C)(C)O2)C1. The van der Waals surface area contributed by atoms with E-state index in [0.717, 1.165) is 6.54 Å². The fourth-order valence-electron chi connectivity index (χ4n) is 2.56. The van der Waals surface area contributed by atoms with Gasteiger partial charge in [0.15, 0.2) is 5.79 Å². The Morgan fingerprint density at radius 1 is 1.29 bits per heavy atom. The van der Waals surface area contributed by atoms with Crippen molar-refractivity contribution in [2.75, 3.05) is 24.7 Å². The van der Waals surface area contributed by atoms with E-state index in [1.807, 2.05) is 13.8 Å². The quantitative estimate of drug-likeness (QED) is 0.842. The predicted octanol–water partition coefficient (Wildman–Crippen LogP) is 2.26. The van der Waals surface area contributed by atoms with Crippen LogP contribution >= 0.6 is 11.8 Å². The monoisotopic (exact) mass is 259 g/mol. The number of hydrogen-bond acceptors (Lipinski definition) is 4. The first-order valence-corrected chi connectivity index (χ1v) is 7.65. The summed E-state index contributed by atoms with van der Waals surface area (Å²) in [6.45, 7) is 10.3. The molecule has 2 saturated heterocycles. The Morgan fingerprint density at radius 3 is 2.65 bits per heavy atom. The van der Waals surface area contributed by atoms with Crippen molar-refractivity contribution in [3.05, 3.63) is 0 Å². The summed E-state index contributed by atoms with van der Waals surface area (Å²) < 4.78 is 11.4. The van der Waals surface area contributed by atoms with E-state index >= 15 is 0 Å². The Balaban J connectivity index is 1.72. The summed E-state index contributed by atoms with van der Waals surface area (Å²) in [6, 6.07) is 0.621. The van der Waals surface area contributed by atoms with Gasteiger partial charge in [0, 0.05) is 18.3 Å². The molecule has 0 aliphatic carbocycles. The summed E-state index contributed by atoms with van der Waals surface area (Å²) in [5.41, 5.74) is 0.465. The molecule has 0 aromatic carbocycles. The van der Waals surface area contributed by atoms with Crippen molar-refractivity contribution in [1.82, 2.24) is 5.32 Å². The Bertz CT molecular complexity index is 268. The van der Waals surface area contributed by atoms with Gasteiger partial charge in [-0.15, -0.1) is 0 Å². The van der Waals surface area contributed by atoms with Crippen molar-refractivity contribution in [3.63, 3.8) is 0 Å².